The predicted molar refractivity (Wildman–Crippen MR) is 76.7 cm³/mol. The van der Waals surface area contributed by atoms with Gasteiger partial charge in [-0.3, -0.25) is 4.79 Å². The van der Waals surface area contributed by atoms with Gasteiger partial charge >= 0.3 is 0 Å². The summed E-state index contributed by atoms with van der Waals surface area (Å²) in [5, 5.41) is 0. The summed E-state index contributed by atoms with van der Waals surface area (Å²) in [6, 6.07) is 0. The van der Waals surface area contributed by atoms with Crippen LogP contribution in [0.1, 0.15) is 58.3 Å². The molecule has 1 nitrogen and oxygen atoms in total. The topological polar surface area (TPSA) is 17.1 Å². The number of carbonyl (C=O) groups is 1. The first-order valence-electron chi connectivity index (χ1n) is 8.08. The molecule has 2 saturated carbocycles. The summed E-state index contributed by atoms with van der Waals surface area (Å²) in [6.45, 7) is 2.49. The zero-order chi connectivity index (χ0) is 13.0. The van der Waals surface area contributed by atoms with Gasteiger partial charge in [-0.2, -0.15) is 0 Å². The van der Waals surface area contributed by atoms with E-state index in [9.17, 15) is 4.79 Å². The average Bonchev–Trinajstić information content (AvgIpc) is 2.79. The van der Waals surface area contributed by atoms with Gasteiger partial charge in [-0.05, 0) is 61.7 Å². The molecule has 19 heavy (non-hydrogen) atoms. The first-order chi connectivity index (χ1) is 9.17. The fourth-order valence-corrected chi connectivity index (χ4v) is 5.45. The summed E-state index contributed by atoms with van der Waals surface area (Å²) >= 11 is 0. The van der Waals surface area contributed by atoms with Gasteiger partial charge in [0.05, 0.1) is 0 Å². The van der Waals surface area contributed by atoms with Crippen LogP contribution in [0, 0.1) is 23.2 Å². The van der Waals surface area contributed by atoms with Crippen molar-refractivity contribution in [1.82, 2.24) is 0 Å². The van der Waals surface area contributed by atoms with Gasteiger partial charge in [0, 0.05) is 12.8 Å². The third kappa shape index (κ3) is 1.70. The van der Waals surface area contributed by atoms with Crippen LogP contribution in [0.15, 0.2) is 23.3 Å². The third-order valence-corrected chi connectivity index (χ3v) is 6.47. The minimum Gasteiger partial charge on any atom is -0.299 e. The van der Waals surface area contributed by atoms with Crippen LogP contribution in [0.25, 0.3) is 0 Å². The van der Waals surface area contributed by atoms with Crippen molar-refractivity contribution in [2.45, 2.75) is 58.3 Å². The fraction of sp³-hybridized carbons (Fsp3) is 0.722. The standard InChI is InChI=1S/C18H24O/c1-18-9-2-3-17(18)16-6-4-12-11-13(19)5-7-14(12)15(16)8-10-18/h3-4,14-16H,2,5-11H2,1H3/t14-,15+,16+,18-/m0/s1. The smallest absolute Gasteiger partial charge is 0.136 e. The zero-order valence-electron chi connectivity index (χ0n) is 12.0. The van der Waals surface area contributed by atoms with E-state index in [1.54, 1.807) is 5.57 Å². The normalized spacial score (nSPS) is 44.9. The second-order valence-corrected chi connectivity index (χ2v) is 7.44. The SMILES string of the molecule is C[C@@]12CCC=C1[C@@H]1CC=C3CC(=O)CC[C@@H]3[C@H]1CC2. The number of ketones is 1. The zero-order valence-corrected chi connectivity index (χ0v) is 12.0. The summed E-state index contributed by atoms with van der Waals surface area (Å²) in [5.41, 5.74) is 3.81. The van der Waals surface area contributed by atoms with Gasteiger partial charge in [-0.15, -0.1) is 0 Å². The number of allylic oxidation sites excluding steroid dienone is 4. The van der Waals surface area contributed by atoms with E-state index in [1.807, 2.05) is 0 Å². The van der Waals surface area contributed by atoms with Crippen LogP contribution in [0.2, 0.25) is 0 Å². The lowest BCUT2D eigenvalue weighted by molar-refractivity contribution is -0.120. The lowest BCUT2D eigenvalue weighted by Crippen LogP contribution is -2.40. The van der Waals surface area contributed by atoms with E-state index in [0.29, 0.717) is 11.2 Å². The minimum absolute atomic E-state index is 0.474. The molecule has 0 aromatic heterocycles. The molecule has 0 radical (unpaired) electrons. The lowest BCUT2D eigenvalue weighted by Gasteiger charge is -2.49. The Morgan fingerprint density at radius 1 is 1.16 bits per heavy atom. The Hall–Kier alpha value is -0.850. The molecule has 0 aliphatic heterocycles. The van der Waals surface area contributed by atoms with Crippen molar-refractivity contribution >= 4 is 5.78 Å². The van der Waals surface area contributed by atoms with E-state index < -0.39 is 0 Å². The monoisotopic (exact) mass is 256 g/mol. The first-order valence-corrected chi connectivity index (χ1v) is 8.08. The molecule has 4 atom stereocenters. The molecule has 0 aromatic carbocycles. The van der Waals surface area contributed by atoms with E-state index in [0.717, 1.165) is 37.0 Å². The molecule has 1 heteroatoms. The van der Waals surface area contributed by atoms with E-state index in [2.05, 4.69) is 19.1 Å². The van der Waals surface area contributed by atoms with E-state index in [4.69, 9.17) is 0 Å². The molecule has 102 valence electrons. The first kappa shape index (κ1) is 11.9. The molecule has 0 amide bonds. The molecule has 0 saturated heterocycles. The van der Waals surface area contributed by atoms with Gasteiger partial charge in [0.2, 0.25) is 0 Å². The van der Waals surface area contributed by atoms with Crippen LogP contribution in [0.5, 0.6) is 0 Å². The van der Waals surface area contributed by atoms with Crippen molar-refractivity contribution < 1.29 is 4.79 Å². The molecular weight excluding hydrogens is 232 g/mol. The average molecular weight is 256 g/mol. The summed E-state index contributed by atoms with van der Waals surface area (Å²) < 4.78 is 0. The molecule has 0 spiro atoms. The molecule has 4 aliphatic rings. The van der Waals surface area contributed by atoms with Crippen molar-refractivity contribution in [2.24, 2.45) is 23.2 Å². The van der Waals surface area contributed by atoms with Crippen LogP contribution >= 0.6 is 0 Å². The van der Waals surface area contributed by atoms with Crippen LogP contribution in [-0.4, -0.2) is 5.78 Å². The quantitative estimate of drug-likeness (QED) is 0.586. The molecule has 0 unspecified atom stereocenters. The Morgan fingerprint density at radius 2 is 2.05 bits per heavy atom. The van der Waals surface area contributed by atoms with Crippen molar-refractivity contribution in [3.05, 3.63) is 23.3 Å². The summed E-state index contributed by atoms with van der Waals surface area (Å²) in [5.74, 6) is 2.87. The molecule has 0 N–H and O–H groups in total. The van der Waals surface area contributed by atoms with Gasteiger partial charge in [0.25, 0.3) is 0 Å². The maximum atomic E-state index is 11.7. The largest absolute Gasteiger partial charge is 0.299 e. The van der Waals surface area contributed by atoms with Gasteiger partial charge in [0.15, 0.2) is 0 Å². The number of fused-ring (bicyclic) bond motifs is 5. The maximum Gasteiger partial charge on any atom is 0.136 e. The number of hydrogen-bond donors (Lipinski definition) is 0. The number of Topliss-reactive ketones (excluding diaryl/α,β-unsaturated/α-hetero) is 1. The summed E-state index contributed by atoms with van der Waals surface area (Å²) in [7, 11) is 0. The Kier molecular flexibility index (Phi) is 2.56. The molecule has 0 bridgehead atoms. The van der Waals surface area contributed by atoms with Crippen LogP contribution in [-0.2, 0) is 4.79 Å². The number of hydrogen-bond acceptors (Lipinski definition) is 1. The molecule has 0 heterocycles. The highest BCUT2D eigenvalue weighted by molar-refractivity contribution is 5.82. The molecule has 0 aromatic rings. The summed E-state index contributed by atoms with van der Waals surface area (Å²) in [4.78, 5) is 11.7. The molecule has 2 fully saturated rings. The summed E-state index contributed by atoms with van der Waals surface area (Å²) in [6.07, 6.45) is 14.4. The lowest BCUT2D eigenvalue weighted by atomic mass is 9.55. The van der Waals surface area contributed by atoms with Gasteiger partial charge in [-0.25, -0.2) is 0 Å². The predicted octanol–water partition coefficient (Wildman–Crippen LogP) is 4.44. The van der Waals surface area contributed by atoms with E-state index in [1.165, 1.54) is 37.7 Å². The Bertz CT molecular complexity index is 484. The maximum absolute atomic E-state index is 11.7. The Labute approximate surface area is 116 Å². The number of carbonyl (C=O) groups excluding carboxylic acids is 1. The second-order valence-electron chi connectivity index (χ2n) is 7.44. The highest BCUT2D eigenvalue weighted by atomic mass is 16.1. The van der Waals surface area contributed by atoms with Gasteiger partial charge < -0.3 is 0 Å². The van der Waals surface area contributed by atoms with Crippen LogP contribution in [0.4, 0.5) is 0 Å². The molecule has 4 aliphatic carbocycles. The Morgan fingerprint density at radius 3 is 2.95 bits per heavy atom. The third-order valence-electron chi connectivity index (χ3n) is 6.47. The molecular formula is C18H24O. The Balaban J connectivity index is 1.67. The van der Waals surface area contributed by atoms with Crippen LogP contribution in [0.3, 0.4) is 0 Å². The van der Waals surface area contributed by atoms with E-state index in [-0.39, 0.29) is 0 Å². The van der Waals surface area contributed by atoms with Gasteiger partial charge in [0.1, 0.15) is 5.78 Å². The highest BCUT2D eigenvalue weighted by Gasteiger charge is 2.48. The van der Waals surface area contributed by atoms with Crippen molar-refractivity contribution in [1.29, 1.82) is 0 Å². The minimum atomic E-state index is 0.474. The van der Waals surface area contributed by atoms with Crippen molar-refractivity contribution in [3.63, 3.8) is 0 Å². The second kappa shape index (κ2) is 4.07. The van der Waals surface area contributed by atoms with Crippen molar-refractivity contribution in [2.75, 3.05) is 0 Å². The molecule has 4 rings (SSSR count). The highest BCUT2D eigenvalue weighted by Crippen LogP contribution is 2.58. The van der Waals surface area contributed by atoms with Gasteiger partial charge in [-0.1, -0.05) is 30.2 Å². The van der Waals surface area contributed by atoms with Crippen LogP contribution < -0.4 is 0 Å². The van der Waals surface area contributed by atoms with E-state index >= 15 is 0 Å². The fourth-order valence-electron chi connectivity index (χ4n) is 5.45. The van der Waals surface area contributed by atoms with Crippen molar-refractivity contribution in [3.8, 4) is 0 Å². The number of rotatable bonds is 0.